The van der Waals surface area contributed by atoms with E-state index in [9.17, 15) is 32.8 Å². The van der Waals surface area contributed by atoms with Crippen molar-refractivity contribution in [3.05, 3.63) is 117 Å². The molecule has 318 valence electrons. The molecule has 5 aromatic rings. The summed E-state index contributed by atoms with van der Waals surface area (Å²) in [6.45, 7) is 3.08. The quantitative estimate of drug-likeness (QED) is 0.159. The minimum atomic E-state index is -2.73. The lowest BCUT2D eigenvalue weighted by Crippen LogP contribution is -2.54. The summed E-state index contributed by atoms with van der Waals surface area (Å²) in [5, 5.41) is 11.4. The van der Waals surface area contributed by atoms with Gasteiger partial charge in [-0.3, -0.25) is 44.0 Å². The summed E-state index contributed by atoms with van der Waals surface area (Å²) in [5.74, 6) is -4.36. The zero-order chi connectivity index (χ0) is 43.1. The molecule has 62 heavy (non-hydrogen) atoms. The zero-order valence-corrected chi connectivity index (χ0v) is 33.5. The lowest BCUT2D eigenvalue weighted by atomic mass is 9.87. The number of imide groups is 2. The number of rotatable bonds is 7. The van der Waals surface area contributed by atoms with E-state index in [1.807, 2.05) is 24.3 Å². The van der Waals surface area contributed by atoms with Gasteiger partial charge in [-0.05, 0) is 91.8 Å². The summed E-state index contributed by atoms with van der Waals surface area (Å²) in [6.07, 6.45) is -0.844. The first kappa shape index (κ1) is 39.8. The number of aromatic nitrogens is 3. The Morgan fingerprint density at radius 2 is 1.55 bits per heavy atom. The SMILES string of the molecule is C[C@@H]1Cc2c([nH]c3ccccc23)[C@@H](c2c(F)cc(-c3ccc(C(=O)N4CCC(N5Cc6cc7c(cc6C5)C(=O)N(C5CCC(=O)NC5=O)C7=O)CC4)nn3)cc2F)N1CC(F)F. The molecular weight excluding hydrogens is 809 g/mol. The maximum absolute atomic E-state index is 16.2. The molecule has 5 aliphatic rings. The molecule has 2 fully saturated rings. The highest BCUT2D eigenvalue weighted by Gasteiger charge is 2.46. The van der Waals surface area contributed by atoms with Crippen molar-refractivity contribution < 1.29 is 41.5 Å². The predicted octanol–water partition coefficient (Wildman–Crippen LogP) is 5.53. The molecule has 0 spiro atoms. The van der Waals surface area contributed by atoms with Gasteiger partial charge in [-0.25, -0.2) is 17.6 Å². The molecule has 13 nitrogen and oxygen atoms in total. The number of amides is 5. The molecule has 0 bridgehead atoms. The number of fused-ring (bicyclic) bond motifs is 5. The molecule has 2 N–H and O–H groups in total. The largest absolute Gasteiger partial charge is 0.357 e. The Labute approximate surface area is 352 Å². The van der Waals surface area contributed by atoms with Gasteiger partial charge >= 0.3 is 0 Å². The Morgan fingerprint density at radius 3 is 2.18 bits per heavy atom. The molecule has 7 heterocycles. The van der Waals surface area contributed by atoms with Crippen molar-refractivity contribution in [3.63, 3.8) is 0 Å². The summed E-state index contributed by atoms with van der Waals surface area (Å²) >= 11 is 0. The molecule has 3 aromatic carbocycles. The molecule has 17 heteroatoms. The van der Waals surface area contributed by atoms with Crippen LogP contribution in [-0.2, 0) is 29.1 Å². The Morgan fingerprint density at radius 1 is 0.871 bits per heavy atom. The monoisotopic (exact) mass is 848 g/mol. The number of para-hydroxylation sites is 1. The molecule has 1 unspecified atom stereocenters. The van der Waals surface area contributed by atoms with E-state index in [1.165, 1.54) is 17.0 Å². The second kappa shape index (κ2) is 15.2. The first-order chi connectivity index (χ1) is 29.8. The maximum Gasteiger partial charge on any atom is 0.274 e. The third kappa shape index (κ3) is 6.65. The van der Waals surface area contributed by atoms with Gasteiger partial charge in [0.05, 0.1) is 29.4 Å². The molecule has 0 saturated carbocycles. The Bertz CT molecular complexity index is 2650. The second-order valence-corrected chi connectivity index (χ2v) is 16.8. The predicted molar refractivity (Wildman–Crippen MR) is 215 cm³/mol. The first-order valence-corrected chi connectivity index (χ1v) is 20.7. The highest BCUT2D eigenvalue weighted by Crippen LogP contribution is 2.43. The topological polar surface area (TPSA) is 152 Å². The van der Waals surface area contributed by atoms with E-state index in [2.05, 4.69) is 25.4 Å². The minimum Gasteiger partial charge on any atom is -0.357 e. The van der Waals surface area contributed by atoms with Crippen LogP contribution in [0.25, 0.3) is 22.2 Å². The first-order valence-electron chi connectivity index (χ1n) is 20.7. The van der Waals surface area contributed by atoms with E-state index in [0.29, 0.717) is 51.1 Å². The zero-order valence-electron chi connectivity index (χ0n) is 33.5. The van der Waals surface area contributed by atoms with Gasteiger partial charge in [0.15, 0.2) is 5.69 Å². The van der Waals surface area contributed by atoms with Crippen molar-refractivity contribution in [2.75, 3.05) is 19.6 Å². The number of carbonyl (C=O) groups is 5. The smallest absolute Gasteiger partial charge is 0.274 e. The van der Waals surface area contributed by atoms with Crippen molar-refractivity contribution in [3.8, 4) is 11.3 Å². The van der Waals surface area contributed by atoms with Crippen LogP contribution < -0.4 is 5.32 Å². The summed E-state index contributed by atoms with van der Waals surface area (Å²) in [7, 11) is 0. The number of halogens is 4. The number of nitrogens with zero attached hydrogens (tertiary/aromatic N) is 6. The Balaban J connectivity index is 0.799. The number of aromatic amines is 1. The Kier molecular flexibility index (Phi) is 9.78. The van der Waals surface area contributed by atoms with Crippen molar-refractivity contribution in [2.24, 2.45) is 0 Å². The highest BCUT2D eigenvalue weighted by atomic mass is 19.3. The van der Waals surface area contributed by atoms with E-state index < -0.39 is 66.4 Å². The van der Waals surface area contributed by atoms with Gasteiger partial charge in [0, 0.05) is 72.4 Å². The van der Waals surface area contributed by atoms with Gasteiger partial charge in [0.2, 0.25) is 11.8 Å². The Hall–Kier alpha value is -6.33. The lowest BCUT2D eigenvalue weighted by Gasteiger charge is -2.41. The number of hydrogen-bond donors (Lipinski definition) is 2. The van der Waals surface area contributed by atoms with Crippen molar-refractivity contribution in [2.45, 2.75) is 82.7 Å². The number of nitrogens with one attached hydrogen (secondary N) is 2. The van der Waals surface area contributed by atoms with Crippen molar-refractivity contribution in [1.82, 2.24) is 40.1 Å². The van der Waals surface area contributed by atoms with Crippen molar-refractivity contribution in [1.29, 1.82) is 0 Å². The van der Waals surface area contributed by atoms with Gasteiger partial charge in [0.25, 0.3) is 24.1 Å². The van der Waals surface area contributed by atoms with Crippen LogP contribution in [-0.4, -0.2) is 109 Å². The molecule has 5 amide bonds. The normalized spacial score (nSPS) is 22.1. The van der Waals surface area contributed by atoms with Gasteiger partial charge in [-0.15, -0.1) is 10.2 Å². The fraction of sp³-hybridized carbons (Fsp3) is 0.356. The van der Waals surface area contributed by atoms with Crippen LogP contribution in [0.4, 0.5) is 17.6 Å². The number of hydrogen-bond acceptors (Lipinski definition) is 9. The van der Waals surface area contributed by atoms with E-state index in [0.717, 1.165) is 44.6 Å². The summed E-state index contributed by atoms with van der Waals surface area (Å²) in [6, 6.07) is 13.6. The molecular formula is C45H40F4N8O5. The van der Waals surface area contributed by atoms with Gasteiger partial charge in [-0.2, -0.15) is 0 Å². The number of H-pyrrole nitrogens is 1. The lowest BCUT2D eigenvalue weighted by molar-refractivity contribution is -0.136. The van der Waals surface area contributed by atoms with Crippen LogP contribution in [0.5, 0.6) is 0 Å². The minimum absolute atomic E-state index is 0.0461. The third-order valence-electron chi connectivity index (χ3n) is 13.2. The molecule has 5 aliphatic heterocycles. The third-order valence-corrected chi connectivity index (χ3v) is 13.2. The number of piperidine rings is 2. The van der Waals surface area contributed by atoms with E-state index in [-0.39, 0.29) is 58.4 Å². The number of likely N-dealkylation sites (tertiary alicyclic amines) is 1. The van der Waals surface area contributed by atoms with Gasteiger partial charge < -0.3 is 9.88 Å². The molecule has 2 saturated heterocycles. The van der Waals surface area contributed by atoms with E-state index in [1.54, 1.807) is 24.0 Å². The fourth-order valence-electron chi connectivity index (χ4n) is 10.1. The van der Waals surface area contributed by atoms with Crippen molar-refractivity contribution >= 4 is 40.4 Å². The summed E-state index contributed by atoms with van der Waals surface area (Å²) in [5.41, 5.74) is 4.33. The number of carbonyl (C=O) groups excluding carboxylic acids is 5. The van der Waals surface area contributed by atoms with Crippen LogP contribution in [0, 0.1) is 11.6 Å². The van der Waals surface area contributed by atoms with E-state index >= 15 is 8.78 Å². The van der Waals surface area contributed by atoms with Crippen LogP contribution in [0.15, 0.2) is 60.7 Å². The molecule has 2 aromatic heterocycles. The van der Waals surface area contributed by atoms with Crippen LogP contribution in [0.3, 0.4) is 0 Å². The summed E-state index contributed by atoms with van der Waals surface area (Å²) < 4.78 is 60.2. The standard InChI is InChI=1S/C45H40F4N8O5/c1-22-14-28-27-4-2-3-5-34(27)50-40(28)41(56(22)21-37(48)49)39-31(46)17-23(18-32(39)47)33-6-7-35(53-52-33)45(62)54-12-10-26(11-13-54)55-19-24-15-29-30(16-25(24)20-55)44(61)57(43(29)60)36-8-9-38(58)51-42(36)59/h2-7,15-18,22,26,36-37,41,50H,8-14,19-21H2,1H3,(H,51,58,59)/t22-,36?,41-/m1/s1. The highest BCUT2D eigenvalue weighted by molar-refractivity contribution is 6.23. The average Bonchev–Trinajstić information content (AvgIpc) is 3.92. The van der Waals surface area contributed by atoms with Gasteiger partial charge in [0.1, 0.15) is 17.7 Å². The molecule has 0 radical (unpaired) electrons. The molecule has 3 atom stereocenters. The second-order valence-electron chi connectivity index (χ2n) is 16.8. The molecule has 0 aliphatic carbocycles. The maximum atomic E-state index is 16.2. The number of benzene rings is 3. The van der Waals surface area contributed by atoms with E-state index in [4.69, 9.17) is 0 Å². The van der Waals surface area contributed by atoms with Crippen LogP contribution in [0.1, 0.15) is 97.8 Å². The van der Waals surface area contributed by atoms with Crippen LogP contribution >= 0.6 is 0 Å². The number of alkyl halides is 2. The fourth-order valence-corrected chi connectivity index (χ4v) is 10.1. The van der Waals surface area contributed by atoms with Crippen LogP contribution in [0.2, 0.25) is 0 Å². The summed E-state index contributed by atoms with van der Waals surface area (Å²) in [4.78, 5) is 74.0. The molecule has 10 rings (SSSR count). The van der Waals surface area contributed by atoms with Gasteiger partial charge in [-0.1, -0.05) is 18.2 Å². The average molecular weight is 849 g/mol.